The van der Waals surface area contributed by atoms with Crippen LogP contribution in [0.25, 0.3) is 11.4 Å². The Morgan fingerprint density at radius 2 is 2.05 bits per heavy atom. The monoisotopic (exact) mass is 318 g/mol. The van der Waals surface area contributed by atoms with Gasteiger partial charge in [-0.1, -0.05) is 48.3 Å². The SMILES string of the molecule is N#CCSc1nnc(-c2ccccc2Cl)n1C1CCCC1. The van der Waals surface area contributed by atoms with Crippen molar-refractivity contribution < 1.29 is 0 Å². The van der Waals surface area contributed by atoms with Crippen LogP contribution in [0.1, 0.15) is 31.7 Å². The number of nitriles is 1. The summed E-state index contributed by atoms with van der Waals surface area (Å²) < 4.78 is 2.18. The molecule has 0 aliphatic heterocycles. The zero-order valence-electron chi connectivity index (χ0n) is 11.5. The molecule has 0 unspecified atom stereocenters. The normalized spacial score (nSPS) is 15.2. The van der Waals surface area contributed by atoms with Crippen LogP contribution in [-0.2, 0) is 0 Å². The van der Waals surface area contributed by atoms with Gasteiger partial charge >= 0.3 is 0 Å². The second-order valence-corrected chi connectivity index (χ2v) is 6.39. The van der Waals surface area contributed by atoms with E-state index in [-0.39, 0.29) is 0 Å². The van der Waals surface area contributed by atoms with Crippen molar-refractivity contribution in [3.63, 3.8) is 0 Å². The zero-order chi connectivity index (χ0) is 14.7. The Morgan fingerprint density at radius 3 is 2.76 bits per heavy atom. The van der Waals surface area contributed by atoms with Gasteiger partial charge in [0.25, 0.3) is 0 Å². The number of aromatic nitrogens is 3. The Bertz CT molecular complexity index is 671. The highest BCUT2D eigenvalue weighted by molar-refractivity contribution is 7.99. The van der Waals surface area contributed by atoms with E-state index in [1.165, 1.54) is 24.6 Å². The molecule has 1 aliphatic carbocycles. The lowest BCUT2D eigenvalue weighted by atomic mass is 10.2. The molecule has 4 nitrogen and oxygen atoms in total. The van der Waals surface area contributed by atoms with E-state index >= 15 is 0 Å². The lowest BCUT2D eigenvalue weighted by molar-refractivity contribution is 0.485. The largest absolute Gasteiger partial charge is 0.299 e. The third kappa shape index (κ3) is 2.92. The number of rotatable bonds is 4. The van der Waals surface area contributed by atoms with Crippen LogP contribution in [0.4, 0.5) is 0 Å². The summed E-state index contributed by atoms with van der Waals surface area (Å²) in [5.74, 6) is 1.20. The second kappa shape index (κ2) is 6.50. The lowest BCUT2D eigenvalue weighted by Crippen LogP contribution is -2.08. The minimum atomic E-state index is 0.382. The first kappa shape index (κ1) is 14.4. The van der Waals surface area contributed by atoms with Gasteiger partial charge in [-0.15, -0.1) is 10.2 Å². The first-order valence-electron chi connectivity index (χ1n) is 7.01. The smallest absolute Gasteiger partial charge is 0.192 e. The predicted molar refractivity (Wildman–Crippen MR) is 84.3 cm³/mol. The van der Waals surface area contributed by atoms with Crippen molar-refractivity contribution in [2.45, 2.75) is 36.9 Å². The van der Waals surface area contributed by atoms with Crippen molar-refractivity contribution >= 4 is 23.4 Å². The van der Waals surface area contributed by atoms with Crippen LogP contribution in [0.3, 0.4) is 0 Å². The number of nitrogens with zero attached hydrogens (tertiary/aromatic N) is 4. The van der Waals surface area contributed by atoms with Crippen LogP contribution in [0.5, 0.6) is 0 Å². The molecular formula is C15H15ClN4S. The van der Waals surface area contributed by atoms with Crippen LogP contribution in [0, 0.1) is 11.3 Å². The number of halogens is 1. The molecule has 1 heterocycles. The summed E-state index contributed by atoms with van der Waals surface area (Å²) in [7, 11) is 0. The van der Waals surface area contributed by atoms with E-state index in [4.69, 9.17) is 16.9 Å². The number of benzene rings is 1. The summed E-state index contributed by atoms with van der Waals surface area (Å²) in [6.45, 7) is 0. The number of thioether (sulfide) groups is 1. The Labute approximate surface area is 133 Å². The van der Waals surface area contributed by atoms with E-state index in [0.717, 1.165) is 29.4 Å². The van der Waals surface area contributed by atoms with Crippen molar-refractivity contribution in [1.82, 2.24) is 14.8 Å². The van der Waals surface area contributed by atoms with Gasteiger partial charge in [-0.25, -0.2) is 0 Å². The maximum Gasteiger partial charge on any atom is 0.192 e. The molecule has 0 N–H and O–H groups in total. The van der Waals surface area contributed by atoms with Crippen LogP contribution >= 0.6 is 23.4 Å². The zero-order valence-corrected chi connectivity index (χ0v) is 13.1. The Hall–Kier alpha value is -1.51. The van der Waals surface area contributed by atoms with Gasteiger partial charge in [0.1, 0.15) is 0 Å². The summed E-state index contributed by atoms with van der Waals surface area (Å²) in [5, 5.41) is 18.9. The molecular weight excluding hydrogens is 304 g/mol. The van der Waals surface area contributed by atoms with Crippen LogP contribution in [0.2, 0.25) is 5.02 Å². The van der Waals surface area contributed by atoms with Crippen LogP contribution in [-0.4, -0.2) is 20.5 Å². The fourth-order valence-electron chi connectivity index (χ4n) is 2.79. The van der Waals surface area contributed by atoms with E-state index in [1.54, 1.807) is 0 Å². The summed E-state index contributed by atoms with van der Waals surface area (Å²) in [6, 6.07) is 10.3. The summed E-state index contributed by atoms with van der Waals surface area (Å²) >= 11 is 7.75. The molecule has 1 saturated carbocycles. The Kier molecular flexibility index (Phi) is 4.47. The number of hydrogen-bond donors (Lipinski definition) is 0. The minimum absolute atomic E-state index is 0.382. The fraction of sp³-hybridized carbons (Fsp3) is 0.400. The number of hydrogen-bond acceptors (Lipinski definition) is 4. The van der Waals surface area contributed by atoms with Crippen molar-refractivity contribution in [3.8, 4) is 17.5 Å². The molecule has 0 spiro atoms. The van der Waals surface area contributed by atoms with Crippen molar-refractivity contribution in [2.75, 3.05) is 5.75 Å². The molecule has 1 aromatic heterocycles. The van der Waals surface area contributed by atoms with E-state index in [1.807, 2.05) is 24.3 Å². The average Bonchev–Trinajstić information content (AvgIpc) is 3.14. The third-order valence-electron chi connectivity index (χ3n) is 3.73. The molecule has 0 atom stereocenters. The van der Waals surface area contributed by atoms with Gasteiger partial charge in [0, 0.05) is 11.6 Å². The van der Waals surface area contributed by atoms with Gasteiger partial charge < -0.3 is 0 Å². The lowest BCUT2D eigenvalue weighted by Gasteiger charge is -2.16. The predicted octanol–water partition coefficient (Wildman–Crippen LogP) is 4.33. The quantitative estimate of drug-likeness (QED) is 0.787. The molecule has 1 aromatic carbocycles. The molecule has 108 valence electrons. The van der Waals surface area contributed by atoms with Crippen molar-refractivity contribution in [2.24, 2.45) is 0 Å². The van der Waals surface area contributed by atoms with Gasteiger partial charge in [-0.05, 0) is 25.0 Å². The molecule has 0 saturated heterocycles. The topological polar surface area (TPSA) is 54.5 Å². The first-order chi connectivity index (χ1) is 10.3. The van der Waals surface area contributed by atoms with Gasteiger partial charge in [-0.3, -0.25) is 4.57 Å². The van der Waals surface area contributed by atoms with E-state index in [9.17, 15) is 0 Å². The van der Waals surface area contributed by atoms with Gasteiger partial charge in [-0.2, -0.15) is 5.26 Å². The summed E-state index contributed by atoms with van der Waals surface area (Å²) in [4.78, 5) is 0. The summed E-state index contributed by atoms with van der Waals surface area (Å²) in [5.41, 5.74) is 0.905. The van der Waals surface area contributed by atoms with Crippen molar-refractivity contribution in [3.05, 3.63) is 29.3 Å². The highest BCUT2D eigenvalue weighted by Crippen LogP contribution is 2.37. The molecule has 3 rings (SSSR count). The average molecular weight is 319 g/mol. The summed E-state index contributed by atoms with van der Waals surface area (Å²) in [6.07, 6.45) is 4.73. The maximum atomic E-state index is 8.80. The molecule has 1 fully saturated rings. The van der Waals surface area contributed by atoms with Crippen LogP contribution in [0.15, 0.2) is 29.4 Å². The molecule has 6 heteroatoms. The van der Waals surface area contributed by atoms with Crippen molar-refractivity contribution in [1.29, 1.82) is 5.26 Å². The highest BCUT2D eigenvalue weighted by Gasteiger charge is 2.25. The molecule has 0 bridgehead atoms. The molecule has 1 aliphatic rings. The Balaban J connectivity index is 2.06. The second-order valence-electron chi connectivity index (χ2n) is 5.04. The molecule has 2 aromatic rings. The van der Waals surface area contributed by atoms with Gasteiger partial charge in [0.05, 0.1) is 16.8 Å². The highest BCUT2D eigenvalue weighted by atomic mass is 35.5. The minimum Gasteiger partial charge on any atom is -0.299 e. The van der Waals surface area contributed by atoms with Gasteiger partial charge in [0.15, 0.2) is 11.0 Å². The fourth-order valence-corrected chi connectivity index (χ4v) is 3.68. The molecule has 0 radical (unpaired) electrons. The first-order valence-corrected chi connectivity index (χ1v) is 8.37. The standard InChI is InChI=1S/C15H15ClN4S/c16-13-8-4-3-7-12(13)14-18-19-15(21-10-9-17)20(14)11-5-1-2-6-11/h3-4,7-8,11H,1-2,5-6,10H2. The molecule has 21 heavy (non-hydrogen) atoms. The Morgan fingerprint density at radius 1 is 1.29 bits per heavy atom. The van der Waals surface area contributed by atoms with E-state index in [0.29, 0.717) is 16.8 Å². The van der Waals surface area contributed by atoms with Gasteiger partial charge in [0.2, 0.25) is 0 Å². The van der Waals surface area contributed by atoms with E-state index in [2.05, 4.69) is 20.8 Å². The van der Waals surface area contributed by atoms with E-state index < -0.39 is 0 Å². The van der Waals surface area contributed by atoms with Crippen LogP contribution < -0.4 is 0 Å². The maximum absolute atomic E-state index is 8.80. The third-order valence-corrected chi connectivity index (χ3v) is 4.87. The molecule has 0 amide bonds.